The van der Waals surface area contributed by atoms with Gasteiger partial charge in [0, 0.05) is 10.5 Å². The van der Waals surface area contributed by atoms with Crippen molar-refractivity contribution in [1.29, 1.82) is 0 Å². The predicted octanol–water partition coefficient (Wildman–Crippen LogP) is 2.93. The van der Waals surface area contributed by atoms with E-state index in [1.807, 2.05) is 6.07 Å². The Morgan fingerprint density at radius 3 is 2.78 bits per heavy atom. The first-order chi connectivity index (χ1) is 8.56. The van der Waals surface area contributed by atoms with Crippen LogP contribution in [0.5, 0.6) is 0 Å². The van der Waals surface area contributed by atoms with Crippen molar-refractivity contribution >= 4 is 33.4 Å². The van der Waals surface area contributed by atoms with Crippen LogP contribution in [0.4, 0.5) is 0 Å². The first-order valence-electron chi connectivity index (χ1n) is 6.00. The van der Waals surface area contributed by atoms with Crippen LogP contribution < -0.4 is 5.32 Å². The number of nitrogens with zero attached hydrogens (tertiary/aromatic N) is 1. The lowest BCUT2D eigenvalue weighted by molar-refractivity contribution is 0.0917. The van der Waals surface area contributed by atoms with Crippen molar-refractivity contribution in [3.63, 3.8) is 0 Å². The predicted molar refractivity (Wildman–Crippen MR) is 77.1 cm³/mol. The topological polar surface area (TPSA) is 32.3 Å². The number of hydrogen-bond acceptors (Lipinski definition) is 2. The molecular weight excluding hydrogens is 316 g/mol. The van der Waals surface area contributed by atoms with Crippen LogP contribution in [0, 0.1) is 0 Å². The summed E-state index contributed by atoms with van der Waals surface area (Å²) < 4.78 is 0.862. The Bertz CT molecular complexity index is 445. The Labute approximate surface area is 121 Å². The SMILES string of the molecule is CN1CCC(NC(=O)c2cc(Br)ccc2Cl)CC1. The summed E-state index contributed by atoms with van der Waals surface area (Å²) >= 11 is 9.39. The quantitative estimate of drug-likeness (QED) is 0.904. The molecule has 98 valence electrons. The van der Waals surface area contributed by atoms with Crippen LogP contribution in [0.1, 0.15) is 23.2 Å². The van der Waals surface area contributed by atoms with Gasteiger partial charge < -0.3 is 10.2 Å². The van der Waals surface area contributed by atoms with Crippen LogP contribution >= 0.6 is 27.5 Å². The van der Waals surface area contributed by atoms with E-state index in [-0.39, 0.29) is 11.9 Å². The molecule has 1 aromatic carbocycles. The van der Waals surface area contributed by atoms with Gasteiger partial charge >= 0.3 is 0 Å². The minimum absolute atomic E-state index is 0.0872. The molecule has 2 rings (SSSR count). The third-order valence-electron chi connectivity index (χ3n) is 3.23. The summed E-state index contributed by atoms with van der Waals surface area (Å²) in [5, 5.41) is 3.54. The summed E-state index contributed by atoms with van der Waals surface area (Å²) in [6.07, 6.45) is 1.99. The molecule has 0 aliphatic carbocycles. The minimum Gasteiger partial charge on any atom is -0.349 e. The molecular formula is C13H16BrClN2O. The third kappa shape index (κ3) is 3.46. The van der Waals surface area contributed by atoms with Crippen molar-refractivity contribution < 1.29 is 4.79 Å². The van der Waals surface area contributed by atoms with E-state index in [1.54, 1.807) is 12.1 Å². The highest BCUT2D eigenvalue weighted by Gasteiger charge is 2.20. The molecule has 0 atom stereocenters. The number of nitrogens with one attached hydrogen (secondary N) is 1. The minimum atomic E-state index is -0.0872. The number of hydrogen-bond donors (Lipinski definition) is 1. The van der Waals surface area contributed by atoms with Crippen LogP contribution in [0.2, 0.25) is 5.02 Å². The molecule has 1 amide bonds. The fourth-order valence-electron chi connectivity index (χ4n) is 2.09. The molecule has 0 radical (unpaired) electrons. The summed E-state index contributed by atoms with van der Waals surface area (Å²) in [6, 6.07) is 5.57. The number of benzene rings is 1. The normalized spacial score (nSPS) is 17.7. The molecule has 0 unspecified atom stereocenters. The number of carbonyl (C=O) groups excluding carboxylic acids is 1. The van der Waals surface area contributed by atoms with Crippen molar-refractivity contribution in [2.75, 3.05) is 20.1 Å². The molecule has 5 heteroatoms. The van der Waals surface area contributed by atoms with Crippen molar-refractivity contribution in [3.8, 4) is 0 Å². The van der Waals surface area contributed by atoms with Gasteiger partial charge in [0.15, 0.2) is 0 Å². The maximum Gasteiger partial charge on any atom is 0.253 e. The first-order valence-corrected chi connectivity index (χ1v) is 7.18. The molecule has 1 aliphatic heterocycles. The fourth-order valence-corrected chi connectivity index (χ4v) is 2.65. The second kappa shape index (κ2) is 6.04. The van der Waals surface area contributed by atoms with Gasteiger partial charge in [0.25, 0.3) is 5.91 Å². The number of rotatable bonds is 2. The van der Waals surface area contributed by atoms with Crippen molar-refractivity contribution in [2.24, 2.45) is 0 Å². The van der Waals surface area contributed by atoms with E-state index in [9.17, 15) is 4.79 Å². The molecule has 0 aromatic heterocycles. The number of amides is 1. The molecule has 0 bridgehead atoms. The number of halogens is 2. The number of likely N-dealkylation sites (tertiary alicyclic amines) is 1. The van der Waals surface area contributed by atoms with Gasteiger partial charge in [-0.05, 0) is 51.2 Å². The van der Waals surface area contributed by atoms with E-state index < -0.39 is 0 Å². The van der Waals surface area contributed by atoms with Gasteiger partial charge in [-0.3, -0.25) is 4.79 Å². The molecule has 1 N–H and O–H groups in total. The molecule has 3 nitrogen and oxygen atoms in total. The van der Waals surface area contributed by atoms with Crippen LogP contribution in [0.3, 0.4) is 0 Å². The highest BCUT2D eigenvalue weighted by molar-refractivity contribution is 9.10. The van der Waals surface area contributed by atoms with Gasteiger partial charge in [-0.2, -0.15) is 0 Å². The molecule has 1 saturated heterocycles. The maximum atomic E-state index is 12.1. The highest BCUT2D eigenvalue weighted by Crippen LogP contribution is 2.21. The third-order valence-corrected chi connectivity index (χ3v) is 4.05. The monoisotopic (exact) mass is 330 g/mol. The van der Waals surface area contributed by atoms with E-state index >= 15 is 0 Å². The first kappa shape index (κ1) is 13.8. The van der Waals surface area contributed by atoms with Crippen molar-refractivity contribution in [3.05, 3.63) is 33.3 Å². The Hall–Kier alpha value is -0.580. The molecule has 1 aliphatic rings. The fraction of sp³-hybridized carbons (Fsp3) is 0.462. The Balaban J connectivity index is 2.01. The standard InChI is InChI=1S/C13H16BrClN2O/c1-17-6-4-10(5-7-17)16-13(18)11-8-9(14)2-3-12(11)15/h2-3,8,10H,4-7H2,1H3,(H,16,18). The zero-order valence-corrected chi connectivity index (χ0v) is 12.6. The Kier molecular flexibility index (Phi) is 4.65. The lowest BCUT2D eigenvalue weighted by Gasteiger charge is -2.29. The zero-order valence-electron chi connectivity index (χ0n) is 10.2. The smallest absolute Gasteiger partial charge is 0.253 e. The van der Waals surface area contributed by atoms with Crippen LogP contribution in [-0.4, -0.2) is 37.0 Å². The van der Waals surface area contributed by atoms with Gasteiger partial charge in [-0.25, -0.2) is 0 Å². The van der Waals surface area contributed by atoms with Gasteiger partial charge in [0.05, 0.1) is 10.6 Å². The van der Waals surface area contributed by atoms with E-state index in [1.165, 1.54) is 0 Å². The Morgan fingerprint density at radius 1 is 1.44 bits per heavy atom. The van der Waals surface area contributed by atoms with Gasteiger partial charge in [-0.1, -0.05) is 27.5 Å². The molecule has 1 aromatic rings. The Morgan fingerprint density at radius 2 is 2.11 bits per heavy atom. The average molecular weight is 332 g/mol. The summed E-state index contributed by atoms with van der Waals surface area (Å²) in [5.41, 5.74) is 0.532. The van der Waals surface area contributed by atoms with Crippen molar-refractivity contribution in [1.82, 2.24) is 10.2 Å². The lowest BCUT2D eigenvalue weighted by Crippen LogP contribution is -2.43. The van der Waals surface area contributed by atoms with E-state index in [4.69, 9.17) is 11.6 Å². The number of piperidine rings is 1. The maximum absolute atomic E-state index is 12.1. The van der Waals surface area contributed by atoms with Crippen molar-refractivity contribution in [2.45, 2.75) is 18.9 Å². The van der Waals surface area contributed by atoms with E-state index in [0.717, 1.165) is 30.4 Å². The van der Waals surface area contributed by atoms with E-state index in [0.29, 0.717) is 10.6 Å². The summed E-state index contributed by atoms with van der Waals surface area (Å²) in [5.74, 6) is -0.0872. The second-order valence-corrected chi connectivity index (χ2v) is 6.00. The van der Waals surface area contributed by atoms with E-state index in [2.05, 4.69) is 33.2 Å². The summed E-state index contributed by atoms with van der Waals surface area (Å²) in [4.78, 5) is 14.4. The van der Waals surface area contributed by atoms with Crippen LogP contribution in [0.25, 0.3) is 0 Å². The molecule has 1 fully saturated rings. The number of carbonyl (C=O) groups is 1. The second-order valence-electron chi connectivity index (χ2n) is 4.68. The highest BCUT2D eigenvalue weighted by atomic mass is 79.9. The zero-order chi connectivity index (χ0) is 13.1. The van der Waals surface area contributed by atoms with Gasteiger partial charge in [0.2, 0.25) is 0 Å². The summed E-state index contributed by atoms with van der Waals surface area (Å²) in [6.45, 7) is 2.05. The molecule has 0 spiro atoms. The van der Waals surface area contributed by atoms with Crippen LogP contribution in [-0.2, 0) is 0 Å². The largest absolute Gasteiger partial charge is 0.349 e. The molecule has 1 heterocycles. The lowest BCUT2D eigenvalue weighted by atomic mass is 10.0. The van der Waals surface area contributed by atoms with Gasteiger partial charge in [0.1, 0.15) is 0 Å². The van der Waals surface area contributed by atoms with Crippen LogP contribution in [0.15, 0.2) is 22.7 Å². The average Bonchev–Trinajstić information content (AvgIpc) is 2.35. The molecule has 0 saturated carbocycles. The molecule has 18 heavy (non-hydrogen) atoms. The van der Waals surface area contributed by atoms with Gasteiger partial charge in [-0.15, -0.1) is 0 Å². The summed E-state index contributed by atoms with van der Waals surface area (Å²) in [7, 11) is 2.10.